The average molecular weight is 413 g/mol. The molecule has 3 rings (SSSR count). The summed E-state index contributed by atoms with van der Waals surface area (Å²) in [5.74, 6) is 1.47. The van der Waals surface area contributed by atoms with E-state index in [1.54, 1.807) is 31.5 Å². The number of halogens is 1. The second kappa shape index (κ2) is 10.0. The van der Waals surface area contributed by atoms with Gasteiger partial charge in [0.1, 0.15) is 5.82 Å². The molecule has 2 aromatic carbocycles. The zero-order valence-electron chi connectivity index (χ0n) is 17.5. The van der Waals surface area contributed by atoms with E-state index in [1.165, 1.54) is 12.1 Å². The first-order valence-electron chi connectivity index (χ1n) is 10.1. The summed E-state index contributed by atoms with van der Waals surface area (Å²) in [6, 6.07) is 9.55. The molecule has 0 radical (unpaired) electrons. The highest BCUT2D eigenvalue weighted by molar-refractivity contribution is 5.90. The quantitative estimate of drug-likeness (QED) is 0.408. The van der Waals surface area contributed by atoms with E-state index in [1.807, 2.05) is 6.07 Å². The maximum atomic E-state index is 13.8. The molecule has 0 atom stereocenters. The van der Waals surface area contributed by atoms with Gasteiger partial charge < -0.3 is 25.1 Å². The van der Waals surface area contributed by atoms with Gasteiger partial charge in [-0.05, 0) is 54.7 Å². The lowest BCUT2D eigenvalue weighted by atomic mass is 10.1. The van der Waals surface area contributed by atoms with Crippen molar-refractivity contribution in [1.29, 1.82) is 0 Å². The number of methoxy groups -OCH3 is 1. The molecule has 0 saturated carbocycles. The van der Waals surface area contributed by atoms with Crippen LogP contribution in [0.1, 0.15) is 32.3 Å². The molecule has 0 fully saturated rings. The van der Waals surface area contributed by atoms with E-state index in [0.29, 0.717) is 40.8 Å². The van der Waals surface area contributed by atoms with Gasteiger partial charge in [0.25, 0.3) is 0 Å². The van der Waals surface area contributed by atoms with Crippen molar-refractivity contribution in [2.24, 2.45) is 5.92 Å². The maximum absolute atomic E-state index is 13.8. The Bertz CT molecular complexity index is 1000. The molecular weight excluding hydrogens is 385 g/mol. The van der Waals surface area contributed by atoms with Crippen LogP contribution < -0.4 is 20.1 Å². The summed E-state index contributed by atoms with van der Waals surface area (Å²) in [6.07, 6.45) is 3.77. The van der Waals surface area contributed by atoms with E-state index in [-0.39, 0.29) is 18.4 Å². The summed E-state index contributed by atoms with van der Waals surface area (Å²) >= 11 is 0. The molecule has 2 amide bonds. The third-order valence-corrected chi connectivity index (χ3v) is 4.76. The molecule has 0 saturated heterocycles. The molecule has 30 heavy (non-hydrogen) atoms. The van der Waals surface area contributed by atoms with Crippen LogP contribution in [0.5, 0.6) is 11.5 Å². The van der Waals surface area contributed by atoms with Gasteiger partial charge in [-0.15, -0.1) is 0 Å². The Morgan fingerprint density at radius 2 is 2.00 bits per heavy atom. The first kappa shape index (κ1) is 21.5. The lowest BCUT2D eigenvalue weighted by Crippen LogP contribution is -2.28. The van der Waals surface area contributed by atoms with Crippen LogP contribution in [0.15, 0.2) is 42.6 Å². The number of H-pyrrole nitrogens is 1. The van der Waals surface area contributed by atoms with Crippen LogP contribution >= 0.6 is 0 Å². The second-order valence-electron chi connectivity index (χ2n) is 7.56. The number of benzene rings is 2. The van der Waals surface area contributed by atoms with Gasteiger partial charge in [-0.1, -0.05) is 13.8 Å². The van der Waals surface area contributed by atoms with E-state index in [0.717, 1.165) is 18.2 Å². The minimum atomic E-state index is -0.390. The third-order valence-electron chi connectivity index (χ3n) is 4.76. The number of carbonyl (C=O) groups is 1. The number of rotatable bonds is 9. The number of urea groups is 1. The van der Waals surface area contributed by atoms with Crippen LogP contribution in [0, 0.1) is 11.7 Å². The van der Waals surface area contributed by atoms with Crippen molar-refractivity contribution < 1.29 is 18.7 Å². The molecule has 0 aliphatic heterocycles. The predicted octanol–water partition coefficient (Wildman–Crippen LogP) is 5.45. The van der Waals surface area contributed by atoms with Gasteiger partial charge in [0.05, 0.1) is 13.7 Å². The topological polar surface area (TPSA) is 75.4 Å². The van der Waals surface area contributed by atoms with Gasteiger partial charge in [0.2, 0.25) is 0 Å². The number of aromatic amines is 1. The van der Waals surface area contributed by atoms with E-state index >= 15 is 0 Å². The molecule has 7 heteroatoms. The summed E-state index contributed by atoms with van der Waals surface area (Å²) < 4.78 is 24.9. The minimum absolute atomic E-state index is 0.201. The molecule has 0 aliphatic rings. The number of hydrogen-bond donors (Lipinski definition) is 3. The van der Waals surface area contributed by atoms with Gasteiger partial charge in [-0.25, -0.2) is 9.18 Å². The van der Waals surface area contributed by atoms with Gasteiger partial charge in [0.15, 0.2) is 11.5 Å². The standard InChI is InChI=1S/C23H28FN3O3/c1-15(2)5-4-10-30-22-13-18(6-7-21(22)29-3)27-23(28)26-14-16-11-17(24)12-20-19(16)8-9-25-20/h6-9,11-13,15,25H,4-5,10,14H2,1-3H3,(H2,26,27,28). The van der Waals surface area contributed by atoms with Crippen molar-refractivity contribution in [2.75, 3.05) is 19.0 Å². The highest BCUT2D eigenvalue weighted by atomic mass is 19.1. The molecule has 3 aromatic rings. The number of hydrogen-bond acceptors (Lipinski definition) is 3. The number of fused-ring (bicyclic) bond motifs is 1. The number of aromatic nitrogens is 1. The first-order valence-corrected chi connectivity index (χ1v) is 10.1. The summed E-state index contributed by atoms with van der Waals surface area (Å²) in [6.45, 7) is 5.13. The number of amides is 2. The fraction of sp³-hybridized carbons (Fsp3) is 0.348. The van der Waals surface area contributed by atoms with Gasteiger partial charge in [-0.2, -0.15) is 0 Å². The van der Waals surface area contributed by atoms with E-state index < -0.39 is 0 Å². The second-order valence-corrected chi connectivity index (χ2v) is 7.56. The summed E-state index contributed by atoms with van der Waals surface area (Å²) in [4.78, 5) is 15.3. The van der Waals surface area contributed by atoms with Crippen molar-refractivity contribution in [1.82, 2.24) is 10.3 Å². The Balaban J connectivity index is 1.60. The van der Waals surface area contributed by atoms with E-state index in [9.17, 15) is 9.18 Å². The molecule has 0 aliphatic carbocycles. The fourth-order valence-electron chi connectivity index (χ4n) is 3.24. The Morgan fingerprint density at radius 1 is 1.17 bits per heavy atom. The highest BCUT2D eigenvalue weighted by Gasteiger charge is 2.10. The Labute approximate surface area is 175 Å². The van der Waals surface area contributed by atoms with Crippen LogP contribution in [0.2, 0.25) is 0 Å². The van der Waals surface area contributed by atoms with Crippen LogP contribution in [-0.4, -0.2) is 24.7 Å². The van der Waals surface area contributed by atoms with Crippen LogP contribution in [0.4, 0.5) is 14.9 Å². The monoisotopic (exact) mass is 413 g/mol. The fourth-order valence-corrected chi connectivity index (χ4v) is 3.24. The van der Waals surface area contributed by atoms with Crippen LogP contribution in [-0.2, 0) is 6.54 Å². The minimum Gasteiger partial charge on any atom is -0.493 e. The zero-order valence-corrected chi connectivity index (χ0v) is 17.5. The van der Waals surface area contributed by atoms with Crippen LogP contribution in [0.3, 0.4) is 0 Å². The molecular formula is C23H28FN3O3. The Hall–Kier alpha value is -3.22. The smallest absolute Gasteiger partial charge is 0.319 e. The van der Waals surface area contributed by atoms with Crippen molar-refractivity contribution in [3.63, 3.8) is 0 Å². The first-order chi connectivity index (χ1) is 14.5. The zero-order chi connectivity index (χ0) is 21.5. The Kier molecular flexibility index (Phi) is 7.17. The van der Waals surface area contributed by atoms with E-state index in [4.69, 9.17) is 9.47 Å². The van der Waals surface area contributed by atoms with Crippen molar-refractivity contribution >= 4 is 22.6 Å². The molecule has 6 nitrogen and oxygen atoms in total. The number of anilines is 1. The van der Waals surface area contributed by atoms with Gasteiger partial charge in [-0.3, -0.25) is 0 Å². The lowest BCUT2D eigenvalue weighted by Gasteiger charge is -2.14. The lowest BCUT2D eigenvalue weighted by molar-refractivity contribution is 0.251. The maximum Gasteiger partial charge on any atom is 0.319 e. The SMILES string of the molecule is COc1ccc(NC(=O)NCc2cc(F)cc3[nH]ccc23)cc1OCCCC(C)C. The van der Waals surface area contributed by atoms with Crippen molar-refractivity contribution in [2.45, 2.75) is 33.2 Å². The van der Waals surface area contributed by atoms with Gasteiger partial charge in [0, 0.05) is 35.4 Å². The average Bonchev–Trinajstić information content (AvgIpc) is 3.18. The number of nitrogens with one attached hydrogen (secondary N) is 3. The molecule has 160 valence electrons. The normalized spacial score (nSPS) is 11.0. The van der Waals surface area contributed by atoms with Crippen molar-refractivity contribution in [3.8, 4) is 11.5 Å². The third kappa shape index (κ3) is 5.65. The molecule has 1 aromatic heterocycles. The van der Waals surface area contributed by atoms with Crippen LogP contribution in [0.25, 0.3) is 10.9 Å². The predicted molar refractivity (Wildman–Crippen MR) is 117 cm³/mol. The number of ether oxygens (including phenoxy) is 2. The highest BCUT2D eigenvalue weighted by Crippen LogP contribution is 2.30. The Morgan fingerprint density at radius 3 is 2.77 bits per heavy atom. The van der Waals surface area contributed by atoms with Gasteiger partial charge >= 0.3 is 6.03 Å². The summed E-state index contributed by atoms with van der Waals surface area (Å²) in [5, 5.41) is 6.42. The molecule has 0 unspecified atom stereocenters. The molecule has 3 N–H and O–H groups in total. The molecule has 1 heterocycles. The summed E-state index contributed by atoms with van der Waals surface area (Å²) in [7, 11) is 1.58. The molecule has 0 spiro atoms. The largest absolute Gasteiger partial charge is 0.493 e. The van der Waals surface area contributed by atoms with E-state index in [2.05, 4.69) is 29.5 Å². The molecule has 0 bridgehead atoms. The number of carbonyl (C=O) groups excluding carboxylic acids is 1. The van der Waals surface area contributed by atoms with Crippen molar-refractivity contribution in [3.05, 3.63) is 54.0 Å². The summed E-state index contributed by atoms with van der Waals surface area (Å²) in [5.41, 5.74) is 1.98.